The molecular weight excluding hydrogens is 452 g/mol. The highest BCUT2D eigenvalue weighted by atomic mass is 32.2. The molecular formula is C25H32N4O4S. The number of sulfonamides is 1. The molecule has 0 saturated carbocycles. The van der Waals surface area contributed by atoms with Crippen LogP contribution < -0.4 is 11.0 Å². The Morgan fingerprint density at radius 2 is 1.71 bits per heavy atom. The highest BCUT2D eigenvalue weighted by Crippen LogP contribution is 2.25. The highest BCUT2D eigenvalue weighted by Gasteiger charge is 2.28. The van der Waals surface area contributed by atoms with E-state index in [4.69, 9.17) is 0 Å². The van der Waals surface area contributed by atoms with Gasteiger partial charge in [0.05, 0.1) is 15.9 Å². The summed E-state index contributed by atoms with van der Waals surface area (Å²) >= 11 is 0. The van der Waals surface area contributed by atoms with E-state index in [1.54, 1.807) is 16.7 Å². The van der Waals surface area contributed by atoms with E-state index in [0.29, 0.717) is 37.1 Å². The predicted octanol–water partition coefficient (Wildman–Crippen LogP) is 2.84. The number of amides is 1. The number of hydrogen-bond acceptors (Lipinski definition) is 4. The van der Waals surface area contributed by atoms with E-state index in [0.717, 1.165) is 18.4 Å². The first-order valence-electron chi connectivity index (χ1n) is 11.8. The van der Waals surface area contributed by atoms with Gasteiger partial charge >= 0.3 is 5.69 Å². The number of nitrogens with one attached hydrogen (secondary N) is 1. The molecule has 2 heterocycles. The molecule has 0 bridgehead atoms. The van der Waals surface area contributed by atoms with Gasteiger partial charge in [-0.2, -0.15) is 4.31 Å². The van der Waals surface area contributed by atoms with E-state index in [-0.39, 0.29) is 29.1 Å². The Morgan fingerprint density at radius 3 is 2.35 bits per heavy atom. The van der Waals surface area contributed by atoms with Crippen LogP contribution in [0.2, 0.25) is 0 Å². The number of benzene rings is 2. The lowest BCUT2D eigenvalue weighted by molar-refractivity contribution is -0.121. The first kappa shape index (κ1) is 24.2. The van der Waals surface area contributed by atoms with Gasteiger partial charge in [0.25, 0.3) is 0 Å². The molecule has 1 saturated heterocycles. The molecule has 0 aliphatic carbocycles. The zero-order valence-corrected chi connectivity index (χ0v) is 20.8. The number of imidazole rings is 1. The molecule has 3 aromatic rings. The minimum atomic E-state index is -3.64. The van der Waals surface area contributed by atoms with Crippen molar-refractivity contribution in [1.82, 2.24) is 18.8 Å². The molecule has 1 fully saturated rings. The Hall–Kier alpha value is -2.91. The number of fused-ring (bicyclic) bond motifs is 1. The lowest BCUT2D eigenvalue weighted by Crippen LogP contribution is -2.34. The molecule has 2 aromatic carbocycles. The fourth-order valence-corrected chi connectivity index (χ4v) is 5.99. The van der Waals surface area contributed by atoms with Crippen molar-refractivity contribution in [2.45, 2.75) is 57.5 Å². The summed E-state index contributed by atoms with van der Waals surface area (Å²) in [5, 5.41) is 2.88. The molecule has 1 N–H and O–H groups in total. The molecule has 34 heavy (non-hydrogen) atoms. The average molecular weight is 485 g/mol. The van der Waals surface area contributed by atoms with Gasteiger partial charge in [-0.15, -0.1) is 0 Å². The van der Waals surface area contributed by atoms with Crippen LogP contribution >= 0.6 is 0 Å². The second-order valence-corrected chi connectivity index (χ2v) is 11.1. The Balaban J connectivity index is 1.60. The normalized spacial score (nSPS) is 14.8. The summed E-state index contributed by atoms with van der Waals surface area (Å²) in [7, 11) is -3.64. The molecule has 0 atom stereocenters. The number of nitrogens with zero attached hydrogens (tertiary/aromatic N) is 3. The summed E-state index contributed by atoms with van der Waals surface area (Å²) in [5.41, 5.74) is 3.05. The topological polar surface area (TPSA) is 93.4 Å². The Bertz CT molecular complexity index is 1350. The maximum atomic E-state index is 13.2. The van der Waals surface area contributed by atoms with Gasteiger partial charge in [0.1, 0.15) is 6.54 Å². The molecule has 182 valence electrons. The molecule has 1 aliphatic rings. The van der Waals surface area contributed by atoms with Crippen LogP contribution in [0.25, 0.3) is 11.0 Å². The van der Waals surface area contributed by atoms with Gasteiger partial charge in [-0.25, -0.2) is 13.2 Å². The average Bonchev–Trinajstić information content (AvgIpc) is 3.43. The van der Waals surface area contributed by atoms with E-state index in [1.165, 1.54) is 20.5 Å². The zero-order chi connectivity index (χ0) is 24.5. The molecule has 0 spiro atoms. The molecule has 0 radical (unpaired) electrons. The van der Waals surface area contributed by atoms with Crippen LogP contribution in [0, 0.1) is 6.92 Å². The van der Waals surface area contributed by atoms with Gasteiger partial charge in [-0.05, 0) is 63.8 Å². The largest absolute Gasteiger partial charge is 0.354 e. The SMILES string of the molecule is Cc1ccc(CCNC(=O)Cn2c(=O)n(C(C)C)c3ccc(S(=O)(=O)N4CCCC4)cc32)cc1. The predicted molar refractivity (Wildman–Crippen MR) is 132 cm³/mol. The van der Waals surface area contributed by atoms with Crippen molar-refractivity contribution in [3.05, 3.63) is 64.1 Å². The first-order chi connectivity index (χ1) is 16.2. The fourth-order valence-electron chi connectivity index (χ4n) is 4.45. The molecule has 4 rings (SSSR count). The molecule has 1 aromatic heterocycles. The van der Waals surface area contributed by atoms with Crippen LogP contribution in [0.4, 0.5) is 0 Å². The van der Waals surface area contributed by atoms with Crippen molar-refractivity contribution in [3.8, 4) is 0 Å². The van der Waals surface area contributed by atoms with E-state index in [2.05, 4.69) is 5.32 Å². The van der Waals surface area contributed by atoms with E-state index >= 15 is 0 Å². The molecule has 0 unspecified atom stereocenters. The Kier molecular flexibility index (Phi) is 6.95. The number of aromatic nitrogens is 2. The zero-order valence-electron chi connectivity index (χ0n) is 20.0. The summed E-state index contributed by atoms with van der Waals surface area (Å²) in [6.45, 7) is 7.10. The quantitative estimate of drug-likeness (QED) is 0.532. The lowest BCUT2D eigenvalue weighted by Gasteiger charge is -2.16. The van der Waals surface area contributed by atoms with Crippen molar-refractivity contribution in [1.29, 1.82) is 0 Å². The highest BCUT2D eigenvalue weighted by molar-refractivity contribution is 7.89. The lowest BCUT2D eigenvalue weighted by atomic mass is 10.1. The number of carbonyl (C=O) groups is 1. The third-order valence-electron chi connectivity index (χ3n) is 6.31. The van der Waals surface area contributed by atoms with Crippen LogP contribution in [-0.4, -0.2) is 47.4 Å². The van der Waals surface area contributed by atoms with Crippen LogP contribution in [0.3, 0.4) is 0 Å². The van der Waals surface area contributed by atoms with Crippen molar-refractivity contribution >= 4 is 27.0 Å². The second-order valence-electron chi connectivity index (χ2n) is 9.18. The second kappa shape index (κ2) is 9.76. The van der Waals surface area contributed by atoms with Crippen molar-refractivity contribution in [3.63, 3.8) is 0 Å². The van der Waals surface area contributed by atoms with E-state index < -0.39 is 10.0 Å². The van der Waals surface area contributed by atoms with Gasteiger partial charge < -0.3 is 5.32 Å². The third kappa shape index (κ3) is 4.81. The summed E-state index contributed by atoms with van der Waals surface area (Å²) in [5.74, 6) is -0.287. The van der Waals surface area contributed by atoms with E-state index in [9.17, 15) is 18.0 Å². The van der Waals surface area contributed by atoms with E-state index in [1.807, 2.05) is 45.0 Å². The molecule has 1 aliphatic heterocycles. The summed E-state index contributed by atoms with van der Waals surface area (Å²) in [6, 6.07) is 12.8. The minimum absolute atomic E-state index is 0.137. The Labute approximate surface area is 200 Å². The van der Waals surface area contributed by atoms with Crippen LogP contribution in [0.15, 0.2) is 52.2 Å². The van der Waals surface area contributed by atoms with Gasteiger partial charge in [0, 0.05) is 25.7 Å². The van der Waals surface area contributed by atoms with Gasteiger partial charge in [-0.1, -0.05) is 29.8 Å². The molecule has 8 nitrogen and oxygen atoms in total. The number of aryl methyl sites for hydroxylation is 1. The fraction of sp³-hybridized carbons (Fsp3) is 0.440. The van der Waals surface area contributed by atoms with Crippen molar-refractivity contribution < 1.29 is 13.2 Å². The van der Waals surface area contributed by atoms with Gasteiger partial charge in [0.15, 0.2) is 0 Å². The number of carbonyl (C=O) groups excluding carboxylic acids is 1. The van der Waals surface area contributed by atoms with Crippen molar-refractivity contribution in [2.75, 3.05) is 19.6 Å². The summed E-state index contributed by atoms with van der Waals surface area (Å²) in [4.78, 5) is 26.1. The Morgan fingerprint density at radius 1 is 1.03 bits per heavy atom. The maximum Gasteiger partial charge on any atom is 0.329 e. The summed E-state index contributed by atoms with van der Waals surface area (Å²) in [6.07, 6.45) is 2.38. The maximum absolute atomic E-state index is 13.2. The van der Waals surface area contributed by atoms with Gasteiger partial charge in [0.2, 0.25) is 15.9 Å². The van der Waals surface area contributed by atoms with Crippen LogP contribution in [-0.2, 0) is 27.8 Å². The first-order valence-corrected chi connectivity index (χ1v) is 13.2. The van der Waals surface area contributed by atoms with Crippen LogP contribution in [0.5, 0.6) is 0 Å². The van der Waals surface area contributed by atoms with Gasteiger partial charge in [-0.3, -0.25) is 13.9 Å². The smallest absolute Gasteiger partial charge is 0.329 e. The molecule has 1 amide bonds. The standard InChI is InChI=1S/C25H32N4O4S/c1-18(2)29-22-11-10-21(34(32,33)27-14-4-5-15-27)16-23(22)28(25(29)31)17-24(30)26-13-12-20-8-6-19(3)7-9-20/h6-11,16,18H,4-5,12-15,17H2,1-3H3,(H,26,30). The van der Waals surface area contributed by atoms with Crippen molar-refractivity contribution in [2.24, 2.45) is 0 Å². The monoisotopic (exact) mass is 484 g/mol. The summed E-state index contributed by atoms with van der Waals surface area (Å²) < 4.78 is 30.6. The van der Waals surface area contributed by atoms with Crippen LogP contribution in [0.1, 0.15) is 43.9 Å². The minimum Gasteiger partial charge on any atom is -0.354 e. The third-order valence-corrected chi connectivity index (χ3v) is 8.21. The number of rotatable bonds is 8. The molecule has 9 heteroatoms. The number of hydrogen-bond donors (Lipinski definition) is 1.